The van der Waals surface area contributed by atoms with Crippen molar-refractivity contribution in [1.29, 1.82) is 0 Å². The van der Waals surface area contributed by atoms with E-state index in [4.69, 9.17) is 4.98 Å². The molecule has 2 heterocycles. The number of nitrogens with one attached hydrogen (secondary N) is 2. The molecule has 1 atom stereocenters. The second-order valence-electron chi connectivity index (χ2n) is 7.96. The van der Waals surface area contributed by atoms with E-state index in [2.05, 4.69) is 17.6 Å². The lowest BCUT2D eigenvalue weighted by molar-refractivity contribution is -0.113. The van der Waals surface area contributed by atoms with E-state index in [0.717, 1.165) is 34.4 Å². The van der Waals surface area contributed by atoms with Gasteiger partial charge in [0.2, 0.25) is 5.95 Å². The second-order valence-corrected chi connectivity index (χ2v) is 7.96. The first-order valence-electron chi connectivity index (χ1n) is 10.7. The first kappa shape index (κ1) is 19.9. The highest BCUT2D eigenvalue weighted by atomic mass is 16.3. The third-order valence-corrected chi connectivity index (χ3v) is 5.88. The van der Waals surface area contributed by atoms with E-state index >= 15 is 0 Å². The minimum absolute atomic E-state index is 0.152. The van der Waals surface area contributed by atoms with Crippen LogP contribution in [0, 0.1) is 0 Å². The second kappa shape index (κ2) is 7.89. The van der Waals surface area contributed by atoms with Gasteiger partial charge < -0.3 is 15.7 Å². The van der Waals surface area contributed by atoms with Crippen molar-refractivity contribution in [3.63, 3.8) is 0 Å². The molecule has 1 aliphatic rings. The number of fused-ring (bicyclic) bond motifs is 3. The first-order valence-corrected chi connectivity index (χ1v) is 10.7. The molecule has 4 aromatic rings. The number of nitrogens with zero attached hydrogens (tertiary/aromatic N) is 2. The average Bonchev–Trinajstić information content (AvgIpc) is 3.16. The molecule has 3 aromatic carbocycles. The number of aromatic hydroxyl groups is 1. The van der Waals surface area contributed by atoms with Crippen LogP contribution in [0.25, 0.3) is 11.0 Å². The maximum Gasteiger partial charge on any atom is 0.255 e. The van der Waals surface area contributed by atoms with Crippen molar-refractivity contribution in [2.24, 2.45) is 0 Å². The van der Waals surface area contributed by atoms with Crippen molar-refractivity contribution < 1.29 is 9.90 Å². The van der Waals surface area contributed by atoms with Gasteiger partial charge in [0.25, 0.3) is 5.91 Å². The maximum atomic E-state index is 13.6. The lowest BCUT2D eigenvalue weighted by atomic mass is 9.94. The zero-order chi connectivity index (χ0) is 22.2. The van der Waals surface area contributed by atoms with Crippen LogP contribution in [-0.2, 0) is 11.2 Å². The topological polar surface area (TPSA) is 79.2 Å². The Labute approximate surface area is 186 Å². The Bertz CT molecular complexity index is 1350. The summed E-state index contributed by atoms with van der Waals surface area (Å²) in [5.41, 5.74) is 5.81. The Hall–Kier alpha value is -4.06. The number of hydrogen-bond acceptors (Lipinski definition) is 4. The highest BCUT2D eigenvalue weighted by molar-refractivity contribution is 6.06. The summed E-state index contributed by atoms with van der Waals surface area (Å²) in [5.74, 6) is 0.622. The number of allylic oxidation sites excluding steroid dienone is 1. The van der Waals surface area contributed by atoms with E-state index in [9.17, 15) is 9.90 Å². The SMILES string of the molecule is CCc1ccc(NC(=O)C2=C(C)Nc3nc4ccccc4n3C2c2cccc(O)c2)cc1. The van der Waals surface area contributed by atoms with Gasteiger partial charge in [-0.25, -0.2) is 4.98 Å². The number of aromatic nitrogens is 2. The molecule has 6 heteroatoms. The van der Waals surface area contributed by atoms with E-state index in [-0.39, 0.29) is 11.7 Å². The number of hydrogen-bond donors (Lipinski definition) is 3. The smallest absolute Gasteiger partial charge is 0.255 e. The Morgan fingerprint density at radius 1 is 1.09 bits per heavy atom. The number of rotatable bonds is 4. The van der Waals surface area contributed by atoms with Crippen LogP contribution >= 0.6 is 0 Å². The van der Waals surface area contributed by atoms with E-state index in [1.165, 1.54) is 5.56 Å². The van der Waals surface area contributed by atoms with Gasteiger partial charge in [0.1, 0.15) is 5.75 Å². The largest absolute Gasteiger partial charge is 0.508 e. The highest BCUT2D eigenvalue weighted by Gasteiger charge is 2.34. The fourth-order valence-corrected chi connectivity index (χ4v) is 4.29. The zero-order valence-corrected chi connectivity index (χ0v) is 18.0. The summed E-state index contributed by atoms with van der Waals surface area (Å²) in [4.78, 5) is 18.3. The van der Waals surface area contributed by atoms with Crippen molar-refractivity contribution in [2.75, 3.05) is 10.6 Å². The number of carbonyl (C=O) groups excluding carboxylic acids is 1. The van der Waals surface area contributed by atoms with E-state index in [0.29, 0.717) is 11.5 Å². The van der Waals surface area contributed by atoms with Crippen molar-refractivity contribution in [1.82, 2.24) is 9.55 Å². The van der Waals surface area contributed by atoms with Gasteiger partial charge in [-0.2, -0.15) is 0 Å². The lowest BCUT2D eigenvalue weighted by Crippen LogP contribution is -2.30. The van der Waals surface area contributed by atoms with Crippen LogP contribution in [0.4, 0.5) is 11.6 Å². The van der Waals surface area contributed by atoms with E-state index in [1.807, 2.05) is 66.1 Å². The standard InChI is InChI=1S/C26H24N4O2/c1-3-17-11-13-19(14-12-17)28-25(32)23-16(2)27-26-29-21-9-4-5-10-22(21)30(26)24(23)18-7-6-8-20(31)15-18/h4-15,24,31H,3H2,1-2H3,(H,27,29)(H,28,32). The molecule has 1 unspecified atom stereocenters. The van der Waals surface area contributed by atoms with E-state index in [1.54, 1.807) is 18.2 Å². The van der Waals surface area contributed by atoms with Crippen LogP contribution in [0.15, 0.2) is 84.1 Å². The van der Waals surface area contributed by atoms with Gasteiger partial charge in [0, 0.05) is 11.4 Å². The van der Waals surface area contributed by atoms with Crippen LogP contribution in [0.2, 0.25) is 0 Å². The molecule has 6 nitrogen and oxygen atoms in total. The molecular formula is C26H24N4O2. The number of anilines is 2. The molecule has 0 spiro atoms. The van der Waals surface area contributed by atoms with Crippen molar-refractivity contribution in [3.05, 3.63) is 95.2 Å². The van der Waals surface area contributed by atoms with Crippen LogP contribution < -0.4 is 10.6 Å². The third-order valence-electron chi connectivity index (χ3n) is 5.88. The summed E-state index contributed by atoms with van der Waals surface area (Å²) in [6.45, 7) is 3.98. The Balaban J connectivity index is 1.63. The van der Waals surface area contributed by atoms with Gasteiger partial charge in [-0.1, -0.05) is 43.3 Å². The monoisotopic (exact) mass is 424 g/mol. The van der Waals surface area contributed by atoms with Gasteiger partial charge in [0.05, 0.1) is 22.6 Å². The molecule has 0 saturated carbocycles. The molecule has 0 saturated heterocycles. The summed E-state index contributed by atoms with van der Waals surface area (Å²) in [6.07, 6.45) is 0.943. The quantitative estimate of drug-likeness (QED) is 0.419. The predicted octanol–water partition coefficient (Wildman–Crippen LogP) is 5.23. The Morgan fingerprint density at radius 2 is 1.88 bits per heavy atom. The van der Waals surface area contributed by atoms with E-state index < -0.39 is 6.04 Å². The predicted molar refractivity (Wildman–Crippen MR) is 127 cm³/mol. The molecule has 1 aliphatic heterocycles. The molecule has 1 amide bonds. The molecule has 160 valence electrons. The summed E-state index contributed by atoms with van der Waals surface area (Å²) in [7, 11) is 0. The summed E-state index contributed by atoms with van der Waals surface area (Å²) in [6, 6.07) is 22.3. The highest BCUT2D eigenvalue weighted by Crippen LogP contribution is 2.40. The van der Waals surface area contributed by atoms with Crippen molar-refractivity contribution >= 4 is 28.6 Å². The van der Waals surface area contributed by atoms with Gasteiger partial charge in [-0.3, -0.25) is 9.36 Å². The molecule has 32 heavy (non-hydrogen) atoms. The summed E-state index contributed by atoms with van der Waals surface area (Å²) in [5, 5.41) is 16.5. The third kappa shape index (κ3) is 3.39. The molecule has 0 aliphatic carbocycles. The molecule has 0 fully saturated rings. The summed E-state index contributed by atoms with van der Waals surface area (Å²) < 4.78 is 2.02. The Morgan fingerprint density at radius 3 is 2.62 bits per heavy atom. The van der Waals surface area contributed by atoms with Crippen LogP contribution in [0.3, 0.4) is 0 Å². The number of imidazole rings is 1. The fraction of sp³-hybridized carbons (Fsp3) is 0.154. The van der Waals surface area contributed by atoms with Crippen LogP contribution in [0.1, 0.15) is 31.0 Å². The number of amides is 1. The van der Waals surface area contributed by atoms with Crippen molar-refractivity contribution in [2.45, 2.75) is 26.3 Å². The molecule has 3 N–H and O–H groups in total. The minimum atomic E-state index is -0.444. The summed E-state index contributed by atoms with van der Waals surface area (Å²) >= 11 is 0. The molecule has 1 aromatic heterocycles. The van der Waals surface area contributed by atoms with Gasteiger partial charge in [-0.15, -0.1) is 0 Å². The lowest BCUT2D eigenvalue weighted by Gasteiger charge is -2.30. The minimum Gasteiger partial charge on any atom is -0.508 e. The van der Waals surface area contributed by atoms with Gasteiger partial charge in [-0.05, 0) is 60.9 Å². The average molecular weight is 425 g/mol. The molecule has 5 rings (SSSR count). The van der Waals surface area contributed by atoms with Gasteiger partial charge in [0.15, 0.2) is 0 Å². The van der Waals surface area contributed by atoms with Crippen LogP contribution in [0.5, 0.6) is 5.75 Å². The number of carbonyl (C=O) groups is 1. The van der Waals surface area contributed by atoms with Gasteiger partial charge >= 0.3 is 0 Å². The molecular weight excluding hydrogens is 400 g/mol. The number of phenolic OH excluding ortho intramolecular Hbond substituents is 1. The molecule has 0 radical (unpaired) electrons. The fourth-order valence-electron chi connectivity index (χ4n) is 4.29. The Kier molecular flexibility index (Phi) is 4.90. The maximum absolute atomic E-state index is 13.6. The number of benzene rings is 3. The molecule has 0 bridgehead atoms. The first-order chi connectivity index (χ1) is 15.5. The number of para-hydroxylation sites is 2. The van der Waals surface area contributed by atoms with Crippen LogP contribution in [-0.4, -0.2) is 20.6 Å². The number of aryl methyl sites for hydroxylation is 1. The zero-order valence-electron chi connectivity index (χ0n) is 18.0. The normalized spacial score (nSPS) is 15.4. The van der Waals surface area contributed by atoms with Crippen molar-refractivity contribution in [3.8, 4) is 5.75 Å². The number of phenols is 1.